The number of benzene rings is 3. The first-order chi connectivity index (χ1) is 23.6. The molecule has 0 aliphatic heterocycles. The number of aromatic nitrogens is 5. The van der Waals surface area contributed by atoms with E-state index in [9.17, 15) is 31.1 Å². The Morgan fingerprint density at radius 3 is 2.00 bits per heavy atom. The van der Waals surface area contributed by atoms with Crippen molar-refractivity contribution < 1.29 is 45.3 Å². The Morgan fingerprint density at radius 1 is 0.860 bits per heavy atom. The van der Waals surface area contributed by atoms with Crippen LogP contribution in [0.1, 0.15) is 29.3 Å². The summed E-state index contributed by atoms with van der Waals surface area (Å²) in [5.41, 5.74) is -0.710. The van der Waals surface area contributed by atoms with Gasteiger partial charge < -0.3 is 19.3 Å². The van der Waals surface area contributed by atoms with Gasteiger partial charge in [0.1, 0.15) is 34.4 Å². The van der Waals surface area contributed by atoms with Crippen LogP contribution in [0.5, 0.6) is 17.2 Å². The molecule has 1 atom stereocenters. The van der Waals surface area contributed by atoms with Gasteiger partial charge in [-0.15, -0.1) is 23.4 Å². The Bertz CT molecular complexity index is 1970. The van der Waals surface area contributed by atoms with Crippen molar-refractivity contribution in [1.29, 1.82) is 0 Å². The van der Waals surface area contributed by atoms with Gasteiger partial charge in [0.15, 0.2) is 0 Å². The molecule has 0 bridgehead atoms. The van der Waals surface area contributed by atoms with Crippen molar-refractivity contribution in [3.05, 3.63) is 113 Å². The minimum atomic E-state index is -4.96. The topological polar surface area (TPSA) is 142 Å². The summed E-state index contributed by atoms with van der Waals surface area (Å²) in [4.78, 5) is 5.34. The molecule has 0 aliphatic carbocycles. The smallest absolute Gasteiger partial charge is 0.497 e. The van der Waals surface area contributed by atoms with E-state index in [4.69, 9.17) is 9.47 Å². The van der Waals surface area contributed by atoms with E-state index in [2.05, 4.69) is 25.1 Å². The van der Waals surface area contributed by atoms with E-state index in [0.29, 0.717) is 22.6 Å². The molecular formula is C33H32F4N6O6S. The van der Waals surface area contributed by atoms with Crippen LogP contribution in [0.3, 0.4) is 0 Å². The lowest BCUT2D eigenvalue weighted by Gasteiger charge is -2.28. The third-order valence-electron chi connectivity index (χ3n) is 7.44. The van der Waals surface area contributed by atoms with E-state index >= 15 is 0 Å². The number of sulfonamides is 1. The Hall–Kier alpha value is -5.13. The van der Waals surface area contributed by atoms with Crippen LogP contribution in [-0.4, -0.2) is 69.4 Å². The molecular weight excluding hydrogens is 684 g/mol. The van der Waals surface area contributed by atoms with Crippen LogP contribution >= 0.6 is 0 Å². The van der Waals surface area contributed by atoms with Crippen molar-refractivity contribution >= 4 is 10.0 Å². The van der Waals surface area contributed by atoms with Gasteiger partial charge in [-0.1, -0.05) is 30.3 Å². The molecule has 0 fully saturated rings. The highest BCUT2D eigenvalue weighted by Crippen LogP contribution is 2.28. The highest BCUT2D eigenvalue weighted by atomic mass is 32.2. The summed E-state index contributed by atoms with van der Waals surface area (Å²) < 4.78 is 95.8. The molecule has 264 valence electrons. The van der Waals surface area contributed by atoms with Crippen LogP contribution in [-0.2, 0) is 35.3 Å². The summed E-state index contributed by atoms with van der Waals surface area (Å²) in [5, 5.41) is 23.4. The number of aliphatic hydroxyl groups is 1. The number of hydrogen-bond donors (Lipinski definition) is 1. The highest BCUT2D eigenvalue weighted by molar-refractivity contribution is 7.89. The fourth-order valence-corrected chi connectivity index (χ4v) is 6.67. The summed E-state index contributed by atoms with van der Waals surface area (Å²) in [5.74, 6) is -1.01. The molecule has 3 aromatic carbocycles. The van der Waals surface area contributed by atoms with Crippen molar-refractivity contribution in [1.82, 2.24) is 29.5 Å². The maximum Gasteiger partial charge on any atom is 0.573 e. The number of rotatable bonds is 14. The van der Waals surface area contributed by atoms with Gasteiger partial charge in [0.2, 0.25) is 15.8 Å². The second-order valence-electron chi connectivity index (χ2n) is 11.3. The molecule has 0 aliphatic rings. The summed E-state index contributed by atoms with van der Waals surface area (Å²) >= 11 is 0. The molecule has 1 unspecified atom stereocenters. The van der Waals surface area contributed by atoms with Crippen molar-refractivity contribution in [2.45, 2.75) is 38.5 Å². The molecule has 1 N–H and O–H groups in total. The fraction of sp³-hybridized carbons (Fsp3) is 0.273. The molecule has 0 spiro atoms. The Kier molecular flexibility index (Phi) is 10.7. The third-order valence-corrected chi connectivity index (χ3v) is 9.41. The normalized spacial score (nSPS) is 13.2. The lowest BCUT2D eigenvalue weighted by atomic mass is 10.0. The predicted molar refractivity (Wildman–Crippen MR) is 172 cm³/mol. The second-order valence-corrected chi connectivity index (χ2v) is 13.3. The van der Waals surface area contributed by atoms with Gasteiger partial charge in [0.25, 0.3) is 0 Å². The molecule has 0 saturated carbocycles. The van der Waals surface area contributed by atoms with Gasteiger partial charge in [0.05, 0.1) is 32.2 Å². The number of alkyl halides is 3. The van der Waals surface area contributed by atoms with Gasteiger partial charge in [-0.3, -0.25) is 0 Å². The first-order valence-corrected chi connectivity index (χ1v) is 16.5. The van der Waals surface area contributed by atoms with Gasteiger partial charge in [-0.2, -0.15) is 9.10 Å². The van der Waals surface area contributed by atoms with E-state index in [1.807, 2.05) is 0 Å². The van der Waals surface area contributed by atoms with Gasteiger partial charge >= 0.3 is 6.36 Å². The number of pyridine rings is 1. The lowest BCUT2D eigenvalue weighted by Crippen LogP contribution is -2.40. The first kappa shape index (κ1) is 36.2. The summed E-state index contributed by atoms with van der Waals surface area (Å²) in [6.07, 6.45) is -4.96. The van der Waals surface area contributed by atoms with Crippen molar-refractivity contribution in [2.75, 3.05) is 20.0 Å². The molecule has 5 rings (SSSR count). The van der Waals surface area contributed by atoms with Crippen LogP contribution < -0.4 is 14.2 Å². The maximum absolute atomic E-state index is 14.4. The predicted octanol–water partition coefficient (Wildman–Crippen LogP) is 5.08. The minimum Gasteiger partial charge on any atom is -0.497 e. The number of tetrazole rings is 1. The summed E-state index contributed by atoms with van der Waals surface area (Å²) in [6, 6.07) is 20.9. The molecule has 17 heteroatoms. The Balaban J connectivity index is 1.36. The number of nitrogens with zero attached hydrogens (tertiary/aromatic N) is 6. The van der Waals surface area contributed by atoms with E-state index in [0.717, 1.165) is 23.0 Å². The number of methoxy groups -OCH3 is 2. The lowest BCUT2D eigenvalue weighted by molar-refractivity contribution is -0.274. The third kappa shape index (κ3) is 9.31. The molecule has 2 aromatic heterocycles. The highest BCUT2D eigenvalue weighted by Gasteiger charge is 2.36. The SMILES string of the molecule is COc1ccc(CN(Cc2ccc(OC)cc2)S(=O)(=O)CC(C)(O)c2cccc(-c3nnn(Cc4cc(OC(F)(F)F)ccc4F)n3)n2)cc1. The zero-order chi connectivity index (χ0) is 36.1. The second kappa shape index (κ2) is 14.8. The average molecular weight is 717 g/mol. The molecule has 12 nitrogen and oxygen atoms in total. The first-order valence-electron chi connectivity index (χ1n) is 14.9. The maximum atomic E-state index is 14.4. The van der Waals surface area contributed by atoms with Crippen molar-refractivity contribution in [2.24, 2.45) is 0 Å². The van der Waals surface area contributed by atoms with Gasteiger partial charge in [-0.25, -0.2) is 17.8 Å². The summed E-state index contributed by atoms with van der Waals surface area (Å²) in [7, 11) is -1.11. The van der Waals surface area contributed by atoms with E-state index < -0.39 is 39.3 Å². The molecule has 0 radical (unpaired) electrons. The standard InChI is InChI=1S/C33H32F4N6O6S/c1-32(44,21-50(45,46)42(18-22-7-11-25(47-2)12-8-22)19-23-9-13-26(48-3)14-10-23)30-6-4-5-29(38-30)31-39-41-43(40-31)20-24-17-27(15-16-28(24)34)49-33(35,36)37/h4-17,44H,18-21H2,1-3H3. The van der Waals surface area contributed by atoms with Crippen LogP contribution in [0, 0.1) is 5.82 Å². The minimum absolute atomic E-state index is 0.000756. The van der Waals surface area contributed by atoms with Crippen LogP contribution in [0.25, 0.3) is 11.5 Å². The fourth-order valence-electron chi connectivity index (χ4n) is 4.94. The van der Waals surface area contributed by atoms with Crippen molar-refractivity contribution in [3.8, 4) is 28.8 Å². The average Bonchev–Trinajstić information content (AvgIpc) is 3.54. The van der Waals surface area contributed by atoms with Gasteiger partial charge in [0, 0.05) is 18.7 Å². The monoisotopic (exact) mass is 716 g/mol. The zero-order valence-electron chi connectivity index (χ0n) is 27.0. The van der Waals surface area contributed by atoms with E-state index in [-0.39, 0.29) is 42.4 Å². The number of ether oxygens (including phenoxy) is 3. The number of halogens is 4. The summed E-state index contributed by atoms with van der Waals surface area (Å²) in [6.45, 7) is 0.932. The van der Waals surface area contributed by atoms with Crippen LogP contribution in [0.2, 0.25) is 0 Å². The van der Waals surface area contributed by atoms with E-state index in [1.165, 1.54) is 43.6 Å². The molecule has 50 heavy (non-hydrogen) atoms. The van der Waals surface area contributed by atoms with Crippen molar-refractivity contribution in [3.63, 3.8) is 0 Å². The largest absolute Gasteiger partial charge is 0.573 e. The van der Waals surface area contributed by atoms with E-state index in [1.54, 1.807) is 48.5 Å². The quantitative estimate of drug-likeness (QED) is 0.155. The Morgan fingerprint density at radius 2 is 1.44 bits per heavy atom. The van der Waals surface area contributed by atoms with Crippen LogP contribution in [0.15, 0.2) is 84.9 Å². The molecule has 0 amide bonds. The number of hydrogen-bond acceptors (Lipinski definition) is 10. The molecule has 5 aromatic rings. The molecule has 2 heterocycles. The van der Waals surface area contributed by atoms with Gasteiger partial charge in [-0.05, 0) is 77.9 Å². The Labute approximate surface area is 284 Å². The molecule has 0 saturated heterocycles. The zero-order valence-corrected chi connectivity index (χ0v) is 27.8. The van der Waals surface area contributed by atoms with Crippen LogP contribution in [0.4, 0.5) is 17.6 Å².